The molecule has 0 saturated carbocycles. The van der Waals surface area contributed by atoms with Crippen LogP contribution in [0, 0.1) is 5.92 Å². The Balaban J connectivity index is 1.75. The molecular weight excluding hydrogens is 438 g/mol. The summed E-state index contributed by atoms with van der Waals surface area (Å²) in [4.78, 5) is 35.9. The Bertz CT molecular complexity index is 856. The Morgan fingerprint density at radius 2 is 1.66 bits per heavy atom. The highest BCUT2D eigenvalue weighted by atomic mass is 79.9. The SMILES string of the molecule is CC(C)COc1ccc(C(=O)NNC(=O)CCC(=O)Nc2ccccc2)cc1Br. The minimum absolute atomic E-state index is 0.00400. The van der Waals surface area contributed by atoms with Gasteiger partial charge in [0.2, 0.25) is 11.8 Å². The molecule has 3 N–H and O–H groups in total. The highest BCUT2D eigenvalue weighted by molar-refractivity contribution is 9.10. The second kappa shape index (κ2) is 11.2. The van der Waals surface area contributed by atoms with Gasteiger partial charge < -0.3 is 10.1 Å². The normalized spacial score (nSPS) is 10.3. The third kappa shape index (κ3) is 7.95. The third-order valence-electron chi connectivity index (χ3n) is 3.72. The quantitative estimate of drug-likeness (QED) is 0.522. The molecule has 8 heteroatoms. The second-order valence-corrected chi connectivity index (χ2v) is 7.62. The molecule has 0 unspecified atom stereocenters. The van der Waals surface area contributed by atoms with E-state index in [0.29, 0.717) is 34.0 Å². The number of benzene rings is 2. The van der Waals surface area contributed by atoms with Gasteiger partial charge >= 0.3 is 0 Å². The standard InChI is InChI=1S/C21H24BrN3O4/c1-14(2)13-29-18-9-8-15(12-17(18)22)21(28)25-24-20(27)11-10-19(26)23-16-6-4-3-5-7-16/h3-9,12,14H,10-11,13H2,1-2H3,(H,23,26)(H,24,27)(H,25,28). The second-order valence-electron chi connectivity index (χ2n) is 6.77. The Labute approximate surface area is 178 Å². The van der Waals surface area contributed by atoms with E-state index in [4.69, 9.17) is 4.74 Å². The van der Waals surface area contributed by atoms with Crippen LogP contribution in [-0.4, -0.2) is 24.3 Å². The summed E-state index contributed by atoms with van der Waals surface area (Å²) in [6.07, 6.45) is -0.0470. The minimum atomic E-state index is -0.469. The molecule has 2 aromatic carbocycles. The summed E-state index contributed by atoms with van der Waals surface area (Å²) in [6, 6.07) is 13.9. The van der Waals surface area contributed by atoms with E-state index < -0.39 is 11.8 Å². The fourth-order valence-electron chi connectivity index (χ4n) is 2.25. The largest absolute Gasteiger partial charge is 0.492 e. The lowest BCUT2D eigenvalue weighted by Gasteiger charge is -2.12. The topological polar surface area (TPSA) is 96.5 Å². The summed E-state index contributed by atoms with van der Waals surface area (Å²) >= 11 is 3.38. The third-order valence-corrected chi connectivity index (χ3v) is 4.34. The van der Waals surface area contributed by atoms with Gasteiger partial charge in [0.15, 0.2) is 0 Å². The van der Waals surface area contributed by atoms with Crippen molar-refractivity contribution in [1.82, 2.24) is 10.9 Å². The first-order valence-electron chi connectivity index (χ1n) is 9.21. The Kier molecular flexibility index (Phi) is 8.67. The van der Waals surface area contributed by atoms with Gasteiger partial charge in [0.05, 0.1) is 11.1 Å². The van der Waals surface area contributed by atoms with Crippen LogP contribution in [0.5, 0.6) is 5.75 Å². The smallest absolute Gasteiger partial charge is 0.269 e. The Morgan fingerprint density at radius 1 is 0.966 bits per heavy atom. The predicted molar refractivity (Wildman–Crippen MR) is 114 cm³/mol. The van der Waals surface area contributed by atoms with Crippen molar-refractivity contribution in [3.05, 3.63) is 58.6 Å². The molecule has 0 radical (unpaired) electrons. The average molecular weight is 462 g/mol. The zero-order valence-electron chi connectivity index (χ0n) is 16.3. The monoisotopic (exact) mass is 461 g/mol. The molecule has 0 bridgehead atoms. The van der Waals surface area contributed by atoms with Crippen molar-refractivity contribution >= 4 is 39.3 Å². The van der Waals surface area contributed by atoms with Gasteiger partial charge in [0.25, 0.3) is 5.91 Å². The van der Waals surface area contributed by atoms with E-state index in [2.05, 4.69) is 32.1 Å². The number of halogens is 1. The van der Waals surface area contributed by atoms with Gasteiger partial charge in [-0.2, -0.15) is 0 Å². The number of hydrazine groups is 1. The fraction of sp³-hybridized carbons (Fsp3) is 0.286. The van der Waals surface area contributed by atoms with Gasteiger partial charge in [-0.25, -0.2) is 0 Å². The number of amides is 3. The van der Waals surface area contributed by atoms with Crippen molar-refractivity contribution in [3.63, 3.8) is 0 Å². The van der Waals surface area contributed by atoms with E-state index in [1.54, 1.807) is 42.5 Å². The van der Waals surface area contributed by atoms with E-state index in [1.807, 2.05) is 19.9 Å². The van der Waals surface area contributed by atoms with Gasteiger partial charge in [-0.3, -0.25) is 25.2 Å². The number of ether oxygens (including phenoxy) is 1. The first-order valence-corrected chi connectivity index (χ1v) is 10.0. The van der Waals surface area contributed by atoms with Crippen molar-refractivity contribution < 1.29 is 19.1 Å². The summed E-state index contributed by atoms with van der Waals surface area (Å²) in [5.74, 6) is -0.183. The number of hydrogen-bond donors (Lipinski definition) is 3. The molecule has 7 nitrogen and oxygen atoms in total. The van der Waals surface area contributed by atoms with Crippen molar-refractivity contribution in [2.24, 2.45) is 5.92 Å². The van der Waals surface area contributed by atoms with E-state index in [1.165, 1.54) is 0 Å². The van der Waals surface area contributed by atoms with Crippen LogP contribution in [0.4, 0.5) is 5.69 Å². The molecule has 0 heterocycles. The number of carbonyl (C=O) groups is 3. The maximum absolute atomic E-state index is 12.2. The maximum atomic E-state index is 12.2. The molecule has 154 valence electrons. The van der Waals surface area contributed by atoms with Crippen LogP contribution in [0.2, 0.25) is 0 Å². The molecule has 3 amide bonds. The zero-order chi connectivity index (χ0) is 21.2. The molecule has 0 aliphatic rings. The summed E-state index contributed by atoms with van der Waals surface area (Å²) in [5.41, 5.74) is 5.67. The summed E-state index contributed by atoms with van der Waals surface area (Å²) in [7, 11) is 0. The molecule has 0 aliphatic heterocycles. The van der Waals surface area contributed by atoms with Crippen LogP contribution in [-0.2, 0) is 9.59 Å². The highest BCUT2D eigenvalue weighted by Gasteiger charge is 2.12. The predicted octanol–water partition coefficient (Wildman–Crippen LogP) is 3.66. The number of hydrogen-bond acceptors (Lipinski definition) is 4. The fourth-order valence-corrected chi connectivity index (χ4v) is 2.74. The highest BCUT2D eigenvalue weighted by Crippen LogP contribution is 2.26. The first kappa shape index (κ1) is 22.4. The lowest BCUT2D eigenvalue weighted by Crippen LogP contribution is -2.41. The lowest BCUT2D eigenvalue weighted by molar-refractivity contribution is -0.124. The number of nitrogens with one attached hydrogen (secondary N) is 3. The molecule has 0 fully saturated rings. The van der Waals surface area contributed by atoms with Crippen LogP contribution in [0.15, 0.2) is 53.0 Å². The van der Waals surface area contributed by atoms with Crippen LogP contribution in [0.3, 0.4) is 0 Å². The van der Waals surface area contributed by atoms with E-state index in [0.717, 1.165) is 0 Å². The maximum Gasteiger partial charge on any atom is 0.269 e. The minimum Gasteiger partial charge on any atom is -0.492 e. The summed E-state index contributed by atoms with van der Waals surface area (Å²) in [5, 5.41) is 2.69. The van der Waals surface area contributed by atoms with Gasteiger partial charge in [-0.15, -0.1) is 0 Å². The van der Waals surface area contributed by atoms with Gasteiger partial charge in [-0.1, -0.05) is 32.0 Å². The first-order chi connectivity index (χ1) is 13.8. The van der Waals surface area contributed by atoms with E-state index in [9.17, 15) is 14.4 Å². The van der Waals surface area contributed by atoms with Gasteiger partial charge in [-0.05, 0) is 52.2 Å². The van der Waals surface area contributed by atoms with Crippen molar-refractivity contribution in [2.75, 3.05) is 11.9 Å². The zero-order valence-corrected chi connectivity index (χ0v) is 17.9. The molecule has 0 spiro atoms. The molecule has 0 aromatic heterocycles. The molecule has 29 heavy (non-hydrogen) atoms. The molecule has 0 saturated heterocycles. The summed E-state index contributed by atoms with van der Waals surface area (Å²) in [6.45, 7) is 4.66. The van der Waals surface area contributed by atoms with Gasteiger partial charge in [0, 0.05) is 24.1 Å². The molecule has 2 aromatic rings. The van der Waals surface area contributed by atoms with Gasteiger partial charge in [0.1, 0.15) is 5.75 Å². The van der Waals surface area contributed by atoms with Crippen molar-refractivity contribution in [2.45, 2.75) is 26.7 Å². The Morgan fingerprint density at radius 3 is 2.31 bits per heavy atom. The van der Waals surface area contributed by atoms with Crippen LogP contribution in [0.1, 0.15) is 37.0 Å². The summed E-state index contributed by atoms with van der Waals surface area (Å²) < 4.78 is 6.29. The lowest BCUT2D eigenvalue weighted by atomic mass is 10.2. The van der Waals surface area contributed by atoms with Crippen LogP contribution in [0.25, 0.3) is 0 Å². The molecule has 2 rings (SSSR count). The Hall–Kier alpha value is -2.87. The van der Waals surface area contributed by atoms with Crippen LogP contribution < -0.4 is 20.9 Å². The number of para-hydroxylation sites is 1. The number of carbonyl (C=O) groups excluding carboxylic acids is 3. The number of anilines is 1. The molecule has 0 atom stereocenters. The molecular formula is C21H24BrN3O4. The average Bonchev–Trinajstić information content (AvgIpc) is 2.70. The van der Waals surface area contributed by atoms with Crippen molar-refractivity contribution in [1.29, 1.82) is 0 Å². The number of rotatable bonds is 8. The van der Waals surface area contributed by atoms with Crippen LogP contribution >= 0.6 is 15.9 Å². The van der Waals surface area contributed by atoms with E-state index >= 15 is 0 Å². The van der Waals surface area contributed by atoms with E-state index in [-0.39, 0.29) is 18.7 Å². The molecule has 0 aliphatic carbocycles. The van der Waals surface area contributed by atoms with Crippen molar-refractivity contribution in [3.8, 4) is 5.75 Å².